The molecule has 0 atom stereocenters. The van der Waals surface area contributed by atoms with Gasteiger partial charge in [-0.1, -0.05) is 25.7 Å². The maximum absolute atomic E-state index is 12.4. The minimum absolute atomic E-state index is 0.00551. The van der Waals surface area contributed by atoms with Crippen LogP contribution in [0.3, 0.4) is 0 Å². The first-order valence-corrected chi connectivity index (χ1v) is 9.95. The third-order valence-electron chi connectivity index (χ3n) is 4.83. The van der Waals surface area contributed by atoms with E-state index in [1.807, 2.05) is 0 Å². The number of amides is 1. The average molecular weight is 336 g/mol. The number of sulfonamides is 1. The second-order valence-corrected chi connectivity index (χ2v) is 8.32. The van der Waals surface area contributed by atoms with Gasteiger partial charge in [-0.05, 0) is 48.9 Å². The number of aryl methyl sites for hydroxylation is 1. The summed E-state index contributed by atoms with van der Waals surface area (Å²) >= 11 is 0. The van der Waals surface area contributed by atoms with Crippen molar-refractivity contribution in [2.45, 2.75) is 56.3 Å². The van der Waals surface area contributed by atoms with Gasteiger partial charge in [0.25, 0.3) is 0 Å². The summed E-state index contributed by atoms with van der Waals surface area (Å²) < 4.78 is 27.6. The molecular weight excluding hydrogens is 312 g/mol. The zero-order valence-electron chi connectivity index (χ0n) is 13.3. The minimum Gasteiger partial charge on any atom is -0.326 e. The van der Waals surface area contributed by atoms with Crippen LogP contribution in [-0.2, 0) is 21.2 Å². The van der Waals surface area contributed by atoms with Crippen LogP contribution in [0.4, 0.5) is 5.69 Å². The van der Waals surface area contributed by atoms with Crippen LogP contribution < -0.4 is 10.0 Å². The Labute approximate surface area is 137 Å². The zero-order valence-corrected chi connectivity index (χ0v) is 14.1. The van der Waals surface area contributed by atoms with Crippen LogP contribution in [0.25, 0.3) is 0 Å². The van der Waals surface area contributed by atoms with E-state index in [1.54, 1.807) is 18.2 Å². The van der Waals surface area contributed by atoms with Gasteiger partial charge in [0.1, 0.15) is 0 Å². The molecule has 1 amide bonds. The van der Waals surface area contributed by atoms with Gasteiger partial charge in [-0.2, -0.15) is 0 Å². The van der Waals surface area contributed by atoms with Crippen LogP contribution in [0.2, 0.25) is 0 Å². The van der Waals surface area contributed by atoms with Crippen LogP contribution in [0.1, 0.15) is 50.5 Å². The first kappa shape index (κ1) is 16.5. The molecule has 1 saturated carbocycles. The van der Waals surface area contributed by atoms with E-state index in [0.29, 0.717) is 23.8 Å². The van der Waals surface area contributed by atoms with Crippen molar-refractivity contribution in [1.29, 1.82) is 0 Å². The van der Waals surface area contributed by atoms with E-state index in [4.69, 9.17) is 0 Å². The van der Waals surface area contributed by atoms with Crippen molar-refractivity contribution in [2.75, 3.05) is 11.9 Å². The SMILES string of the molecule is O=C1CCCc2cc(S(=O)(=O)NCCC3CCCC3)ccc2N1. The van der Waals surface area contributed by atoms with Crippen molar-refractivity contribution in [3.63, 3.8) is 0 Å². The standard InChI is InChI=1S/C17H24N2O3S/c20-17-7-3-6-14-12-15(8-9-16(14)19-17)23(21,22)18-11-10-13-4-1-2-5-13/h8-9,12-13,18H,1-7,10-11H2,(H,19,20). The number of nitrogens with one attached hydrogen (secondary N) is 2. The summed E-state index contributed by atoms with van der Waals surface area (Å²) in [4.78, 5) is 11.8. The van der Waals surface area contributed by atoms with Gasteiger partial charge in [0.15, 0.2) is 0 Å². The molecule has 2 aliphatic rings. The largest absolute Gasteiger partial charge is 0.326 e. The molecule has 1 aromatic carbocycles. The molecule has 2 N–H and O–H groups in total. The van der Waals surface area contributed by atoms with Crippen LogP contribution in [-0.4, -0.2) is 20.9 Å². The van der Waals surface area contributed by atoms with Crippen molar-refractivity contribution in [3.8, 4) is 0 Å². The smallest absolute Gasteiger partial charge is 0.240 e. The van der Waals surface area contributed by atoms with E-state index in [1.165, 1.54) is 25.7 Å². The highest BCUT2D eigenvalue weighted by Crippen LogP contribution is 2.28. The fraction of sp³-hybridized carbons (Fsp3) is 0.588. The molecule has 1 aliphatic carbocycles. The zero-order chi connectivity index (χ0) is 16.3. The Morgan fingerprint density at radius 3 is 2.70 bits per heavy atom. The molecule has 0 saturated heterocycles. The van der Waals surface area contributed by atoms with Crippen LogP contribution in [0.15, 0.2) is 23.1 Å². The van der Waals surface area contributed by atoms with Crippen molar-refractivity contribution in [1.82, 2.24) is 4.72 Å². The van der Waals surface area contributed by atoms with Gasteiger partial charge in [0.2, 0.25) is 15.9 Å². The quantitative estimate of drug-likeness (QED) is 0.868. The summed E-state index contributed by atoms with van der Waals surface area (Å²) in [5.41, 5.74) is 1.63. The first-order chi connectivity index (χ1) is 11.0. The van der Waals surface area contributed by atoms with Gasteiger partial charge < -0.3 is 5.32 Å². The normalized spacial score (nSPS) is 19.2. The van der Waals surface area contributed by atoms with Gasteiger partial charge in [0, 0.05) is 18.7 Å². The van der Waals surface area contributed by atoms with Gasteiger partial charge >= 0.3 is 0 Å². The molecule has 0 bridgehead atoms. The highest BCUT2D eigenvalue weighted by Gasteiger charge is 2.20. The summed E-state index contributed by atoms with van der Waals surface area (Å²) in [6.07, 6.45) is 7.86. The molecule has 1 fully saturated rings. The molecule has 0 aromatic heterocycles. The third kappa shape index (κ3) is 4.12. The lowest BCUT2D eigenvalue weighted by atomic mass is 10.1. The number of rotatable bonds is 5. The third-order valence-corrected chi connectivity index (χ3v) is 6.29. The minimum atomic E-state index is -3.47. The monoisotopic (exact) mass is 336 g/mol. The van der Waals surface area contributed by atoms with Gasteiger partial charge in [0.05, 0.1) is 4.90 Å². The van der Waals surface area contributed by atoms with Crippen LogP contribution >= 0.6 is 0 Å². The Morgan fingerprint density at radius 1 is 1.13 bits per heavy atom. The first-order valence-electron chi connectivity index (χ1n) is 8.47. The Kier molecular flexibility index (Phi) is 5.02. The van der Waals surface area contributed by atoms with Crippen molar-refractivity contribution in [2.24, 2.45) is 5.92 Å². The van der Waals surface area contributed by atoms with Gasteiger partial charge in [-0.15, -0.1) is 0 Å². The van der Waals surface area contributed by atoms with Crippen LogP contribution in [0.5, 0.6) is 0 Å². The Balaban J connectivity index is 1.67. The topological polar surface area (TPSA) is 75.3 Å². The van der Waals surface area contributed by atoms with Gasteiger partial charge in [-0.25, -0.2) is 13.1 Å². The average Bonchev–Trinajstić information content (AvgIpc) is 2.94. The van der Waals surface area contributed by atoms with Crippen molar-refractivity contribution >= 4 is 21.6 Å². The molecule has 1 heterocycles. The Morgan fingerprint density at radius 2 is 1.91 bits per heavy atom. The summed E-state index contributed by atoms with van der Waals surface area (Å²) in [7, 11) is -3.47. The second kappa shape index (κ2) is 7.01. The van der Waals surface area contributed by atoms with Crippen molar-refractivity contribution < 1.29 is 13.2 Å². The molecular formula is C17H24N2O3S. The molecule has 0 radical (unpaired) electrons. The fourth-order valence-corrected chi connectivity index (χ4v) is 4.60. The van der Waals surface area contributed by atoms with Gasteiger partial charge in [-0.3, -0.25) is 4.79 Å². The lowest BCUT2D eigenvalue weighted by Gasteiger charge is -2.12. The number of anilines is 1. The van der Waals surface area contributed by atoms with E-state index in [0.717, 1.165) is 30.5 Å². The number of hydrogen-bond acceptors (Lipinski definition) is 3. The fourth-order valence-electron chi connectivity index (χ4n) is 3.50. The number of fused-ring (bicyclic) bond motifs is 1. The highest BCUT2D eigenvalue weighted by molar-refractivity contribution is 7.89. The number of benzene rings is 1. The maximum Gasteiger partial charge on any atom is 0.240 e. The van der Waals surface area contributed by atoms with E-state index in [2.05, 4.69) is 10.0 Å². The van der Waals surface area contributed by atoms with Crippen molar-refractivity contribution in [3.05, 3.63) is 23.8 Å². The predicted octanol–water partition coefficient (Wildman–Crippen LogP) is 2.82. The summed E-state index contributed by atoms with van der Waals surface area (Å²) in [5.74, 6) is 0.661. The molecule has 1 aromatic rings. The molecule has 23 heavy (non-hydrogen) atoms. The lowest BCUT2D eigenvalue weighted by molar-refractivity contribution is -0.116. The molecule has 5 nitrogen and oxygen atoms in total. The molecule has 126 valence electrons. The highest BCUT2D eigenvalue weighted by atomic mass is 32.2. The molecule has 0 unspecified atom stereocenters. The summed E-state index contributed by atoms with van der Waals surface area (Å²) in [5, 5.41) is 2.83. The Bertz CT molecular complexity index is 679. The Hall–Kier alpha value is -1.40. The predicted molar refractivity (Wildman–Crippen MR) is 89.8 cm³/mol. The summed E-state index contributed by atoms with van der Waals surface area (Å²) in [6, 6.07) is 4.96. The number of carbonyl (C=O) groups is 1. The summed E-state index contributed by atoms with van der Waals surface area (Å²) in [6.45, 7) is 0.501. The molecule has 1 aliphatic heterocycles. The van der Waals surface area contributed by atoms with E-state index in [-0.39, 0.29) is 5.91 Å². The second-order valence-electron chi connectivity index (χ2n) is 6.56. The lowest BCUT2D eigenvalue weighted by Crippen LogP contribution is -2.26. The maximum atomic E-state index is 12.4. The molecule has 3 rings (SSSR count). The van der Waals surface area contributed by atoms with Crippen LogP contribution in [0, 0.1) is 5.92 Å². The molecule has 0 spiro atoms. The number of carbonyl (C=O) groups excluding carboxylic acids is 1. The molecule has 6 heteroatoms. The number of hydrogen-bond donors (Lipinski definition) is 2. The van der Waals surface area contributed by atoms with E-state index < -0.39 is 10.0 Å². The van der Waals surface area contributed by atoms with E-state index >= 15 is 0 Å². The van der Waals surface area contributed by atoms with E-state index in [9.17, 15) is 13.2 Å².